The maximum atomic E-state index is 9.19. The van der Waals surface area contributed by atoms with E-state index in [1.165, 1.54) is 0 Å². The van der Waals surface area contributed by atoms with E-state index in [2.05, 4.69) is 0 Å². The molecule has 3 N–H and O–H groups in total. The lowest BCUT2D eigenvalue weighted by molar-refractivity contribution is -0.101. The molecule has 11 nitrogen and oxygen atoms in total. The average Bonchev–Trinajstić information content (AvgIpc) is 2.85. The van der Waals surface area contributed by atoms with Gasteiger partial charge >= 0.3 is 0 Å². The number of ether oxygens (including phenoxy) is 8. The molecule has 0 saturated carbocycles. The molecule has 0 aromatic heterocycles. The fourth-order valence-corrected chi connectivity index (χ4v) is 2.43. The van der Waals surface area contributed by atoms with E-state index in [4.69, 9.17) is 48.1 Å². The quantitative estimate of drug-likeness (QED) is 0.155. The Kier molecular flexibility index (Phi) is 28.9. The number of hydrogen-bond donors (Lipinski definition) is 3. The zero-order valence-corrected chi connectivity index (χ0v) is 23.6. The minimum Gasteiger partial charge on any atom is -0.394 e. The van der Waals surface area contributed by atoms with Crippen molar-refractivity contribution in [3.63, 3.8) is 0 Å². The molecule has 0 saturated heterocycles. The molecule has 0 spiro atoms. The summed E-state index contributed by atoms with van der Waals surface area (Å²) in [6.45, 7) is 16.1. The first-order chi connectivity index (χ1) is 17.2. The molecule has 0 aliphatic heterocycles. The van der Waals surface area contributed by atoms with Crippen LogP contribution in [0.25, 0.3) is 0 Å². The summed E-state index contributed by atoms with van der Waals surface area (Å²) in [5.74, 6) is 0. The van der Waals surface area contributed by atoms with Gasteiger partial charge in [0.2, 0.25) is 0 Å². The Morgan fingerprint density at radius 2 is 0.778 bits per heavy atom. The maximum absolute atomic E-state index is 9.19. The minimum absolute atomic E-state index is 0.000874. The lowest BCUT2D eigenvalue weighted by Crippen LogP contribution is -2.29. The van der Waals surface area contributed by atoms with Crippen LogP contribution in [0.4, 0.5) is 0 Å². The zero-order chi connectivity index (χ0) is 27.6. The van der Waals surface area contributed by atoms with Crippen molar-refractivity contribution in [2.45, 2.75) is 78.2 Å². The molecule has 0 fully saturated rings. The fraction of sp³-hybridized carbons (Fsp3) is 1.00. The van der Waals surface area contributed by atoms with Crippen LogP contribution in [0, 0.1) is 0 Å². The summed E-state index contributed by atoms with van der Waals surface area (Å²) in [5, 5.41) is 25.7. The third-order valence-electron chi connectivity index (χ3n) is 4.33. The standard InChI is InChI=1S/C19H40O7.C6H14O4/c1-14(20)8-22-16(3)10-24-18(5)12-26-19(6)13-25-17(4)11-23-15(2)9-21-7;7-1-3-9-5-6-10-4-2-8/h14-20H,8-13H2,1-7H3;7-8H,1-6H2. The summed E-state index contributed by atoms with van der Waals surface area (Å²) in [6.07, 6.45) is -0.524. The number of hydrogen-bond acceptors (Lipinski definition) is 11. The van der Waals surface area contributed by atoms with Gasteiger partial charge in [-0.15, -0.1) is 0 Å². The molecule has 36 heavy (non-hydrogen) atoms. The van der Waals surface area contributed by atoms with Crippen molar-refractivity contribution < 1.29 is 53.2 Å². The number of aliphatic hydroxyl groups is 3. The summed E-state index contributed by atoms with van der Waals surface area (Å²) in [4.78, 5) is 0. The van der Waals surface area contributed by atoms with Crippen molar-refractivity contribution in [2.24, 2.45) is 0 Å². The molecule has 0 rings (SSSR count). The molecular weight excluding hydrogens is 476 g/mol. The molecule has 0 bridgehead atoms. The Hall–Kier alpha value is -0.440. The van der Waals surface area contributed by atoms with Crippen LogP contribution in [0.3, 0.4) is 0 Å². The highest BCUT2D eigenvalue weighted by Crippen LogP contribution is 2.03. The Labute approximate surface area is 218 Å². The first kappa shape index (κ1) is 37.7. The molecule has 220 valence electrons. The normalized spacial score (nSPS) is 16.5. The van der Waals surface area contributed by atoms with Crippen LogP contribution in [0.15, 0.2) is 0 Å². The summed E-state index contributed by atoms with van der Waals surface area (Å²) in [7, 11) is 1.66. The van der Waals surface area contributed by atoms with Gasteiger partial charge in [0.05, 0.1) is 116 Å². The van der Waals surface area contributed by atoms with Crippen LogP contribution in [0.1, 0.15) is 41.5 Å². The van der Waals surface area contributed by atoms with E-state index in [1.807, 2.05) is 34.6 Å². The van der Waals surface area contributed by atoms with Crippen molar-refractivity contribution in [1.29, 1.82) is 0 Å². The van der Waals surface area contributed by atoms with Gasteiger partial charge in [0.15, 0.2) is 0 Å². The summed E-state index contributed by atoms with van der Waals surface area (Å²) in [5.41, 5.74) is 0. The number of methoxy groups -OCH3 is 1. The van der Waals surface area contributed by atoms with E-state index < -0.39 is 6.10 Å². The summed E-state index contributed by atoms with van der Waals surface area (Å²) in [6, 6.07) is 0. The Bertz CT molecular complexity index is 421. The van der Waals surface area contributed by atoms with Crippen molar-refractivity contribution in [3.05, 3.63) is 0 Å². The van der Waals surface area contributed by atoms with Crippen LogP contribution in [0.2, 0.25) is 0 Å². The second kappa shape index (κ2) is 27.6. The van der Waals surface area contributed by atoms with Crippen LogP contribution < -0.4 is 0 Å². The van der Waals surface area contributed by atoms with Crippen molar-refractivity contribution in [2.75, 3.05) is 86.4 Å². The molecule has 11 heteroatoms. The zero-order valence-electron chi connectivity index (χ0n) is 23.6. The molecule has 0 amide bonds. The lowest BCUT2D eigenvalue weighted by Gasteiger charge is -2.22. The number of aliphatic hydroxyl groups excluding tert-OH is 3. The first-order valence-electron chi connectivity index (χ1n) is 12.8. The highest BCUT2D eigenvalue weighted by molar-refractivity contribution is 4.58. The third kappa shape index (κ3) is 29.8. The molecule has 0 aliphatic carbocycles. The third-order valence-corrected chi connectivity index (χ3v) is 4.33. The second-order valence-corrected chi connectivity index (χ2v) is 8.70. The monoisotopic (exact) mass is 530 g/mol. The second-order valence-electron chi connectivity index (χ2n) is 8.70. The maximum Gasteiger partial charge on any atom is 0.0781 e. The number of rotatable bonds is 24. The van der Waals surface area contributed by atoms with Crippen molar-refractivity contribution in [3.8, 4) is 0 Å². The van der Waals surface area contributed by atoms with Crippen LogP contribution >= 0.6 is 0 Å². The van der Waals surface area contributed by atoms with Gasteiger partial charge in [0.25, 0.3) is 0 Å². The van der Waals surface area contributed by atoms with Gasteiger partial charge in [-0.05, 0) is 41.5 Å². The largest absolute Gasteiger partial charge is 0.394 e. The topological polar surface area (TPSA) is 135 Å². The van der Waals surface area contributed by atoms with Gasteiger partial charge in [0.1, 0.15) is 0 Å². The van der Waals surface area contributed by atoms with Gasteiger partial charge < -0.3 is 53.2 Å². The SMILES string of the molecule is COCC(C)OCC(C)OCC(C)OCC(C)OCC(C)OCC(C)O.OCCOCCOCCO. The molecule has 6 unspecified atom stereocenters. The minimum atomic E-state index is -0.463. The average molecular weight is 531 g/mol. The van der Waals surface area contributed by atoms with E-state index in [9.17, 15) is 5.11 Å². The predicted octanol–water partition coefficient (Wildman–Crippen LogP) is 1.04. The lowest BCUT2D eigenvalue weighted by atomic mass is 10.3. The highest BCUT2D eigenvalue weighted by atomic mass is 16.6. The van der Waals surface area contributed by atoms with Gasteiger partial charge in [-0.3, -0.25) is 0 Å². The molecule has 0 aliphatic rings. The molecule has 0 radical (unpaired) electrons. The molecule has 0 heterocycles. The van der Waals surface area contributed by atoms with Crippen LogP contribution in [0.5, 0.6) is 0 Å². The fourth-order valence-electron chi connectivity index (χ4n) is 2.43. The molecule has 0 aromatic carbocycles. The van der Waals surface area contributed by atoms with Gasteiger partial charge in [-0.1, -0.05) is 0 Å². The van der Waals surface area contributed by atoms with Crippen molar-refractivity contribution in [1.82, 2.24) is 0 Å². The Morgan fingerprint density at radius 1 is 0.472 bits per heavy atom. The van der Waals surface area contributed by atoms with Crippen LogP contribution in [-0.2, 0) is 37.9 Å². The molecule has 0 aromatic rings. The van der Waals surface area contributed by atoms with E-state index in [0.717, 1.165) is 0 Å². The van der Waals surface area contributed by atoms with E-state index >= 15 is 0 Å². The Balaban J connectivity index is 0. The van der Waals surface area contributed by atoms with E-state index in [1.54, 1.807) is 14.0 Å². The first-order valence-corrected chi connectivity index (χ1v) is 12.8. The van der Waals surface area contributed by atoms with Crippen molar-refractivity contribution >= 4 is 0 Å². The highest BCUT2D eigenvalue weighted by Gasteiger charge is 2.12. The van der Waals surface area contributed by atoms with Gasteiger partial charge in [-0.2, -0.15) is 0 Å². The van der Waals surface area contributed by atoms with E-state index in [0.29, 0.717) is 66.1 Å². The summed E-state index contributed by atoms with van der Waals surface area (Å²) >= 11 is 0. The predicted molar refractivity (Wildman–Crippen MR) is 136 cm³/mol. The van der Waals surface area contributed by atoms with E-state index in [-0.39, 0.29) is 43.7 Å². The summed E-state index contributed by atoms with van der Waals surface area (Å²) < 4.78 is 43.0. The van der Waals surface area contributed by atoms with Gasteiger partial charge in [0, 0.05) is 7.11 Å². The van der Waals surface area contributed by atoms with Crippen LogP contribution in [-0.4, -0.2) is 138 Å². The van der Waals surface area contributed by atoms with Gasteiger partial charge in [-0.25, -0.2) is 0 Å². The molecular formula is C25H54O11. The Morgan fingerprint density at radius 3 is 1.06 bits per heavy atom. The molecule has 6 atom stereocenters. The smallest absolute Gasteiger partial charge is 0.0781 e.